The van der Waals surface area contributed by atoms with Crippen molar-refractivity contribution >= 4 is 44.2 Å². The molecule has 0 saturated heterocycles. The molecule has 0 aliphatic carbocycles. The summed E-state index contributed by atoms with van der Waals surface area (Å²) in [7, 11) is 0. The number of aromatic nitrogens is 1. The van der Waals surface area contributed by atoms with E-state index in [4.69, 9.17) is 23.1 Å². The van der Waals surface area contributed by atoms with E-state index in [1.165, 1.54) is 11.3 Å². The number of hydrogen-bond donors (Lipinski definition) is 2. The van der Waals surface area contributed by atoms with Gasteiger partial charge in [-0.25, -0.2) is 4.98 Å². The van der Waals surface area contributed by atoms with Crippen molar-refractivity contribution in [1.82, 2.24) is 4.98 Å². The lowest BCUT2D eigenvalue weighted by atomic mass is 10.3. The fraction of sp³-hybridized carbons (Fsp3) is 0. The van der Waals surface area contributed by atoms with Gasteiger partial charge in [0.25, 0.3) is 0 Å². The minimum absolute atomic E-state index is 0.000165. The molecule has 1 heterocycles. The molecule has 2 aromatic rings. The standard InChI is InChI=1S/C8H7ClN4S/c9-4-2-1-3-5-6(4)14-8(12-5)13-7(10)11/h1-3H,(H4,10,11,12,13). The summed E-state index contributed by atoms with van der Waals surface area (Å²) in [6, 6.07) is 5.51. The molecule has 14 heavy (non-hydrogen) atoms. The molecule has 6 heteroatoms. The normalized spacial score (nSPS) is 10.4. The van der Waals surface area contributed by atoms with Crippen molar-refractivity contribution < 1.29 is 0 Å². The van der Waals surface area contributed by atoms with Gasteiger partial charge < -0.3 is 11.5 Å². The number of thiazole rings is 1. The molecule has 0 aliphatic heterocycles. The Labute approximate surface area is 89.2 Å². The number of nitrogens with two attached hydrogens (primary N) is 2. The summed E-state index contributed by atoms with van der Waals surface area (Å²) in [5.74, 6) is 0.000165. The molecule has 0 amide bonds. The molecule has 0 atom stereocenters. The van der Waals surface area contributed by atoms with Crippen molar-refractivity contribution in [1.29, 1.82) is 0 Å². The highest BCUT2D eigenvalue weighted by molar-refractivity contribution is 7.22. The Hall–Kier alpha value is -1.33. The molecule has 0 spiro atoms. The second-order valence-electron chi connectivity index (χ2n) is 2.62. The molecule has 2 rings (SSSR count). The van der Waals surface area contributed by atoms with Crippen molar-refractivity contribution in [2.75, 3.05) is 0 Å². The highest BCUT2D eigenvalue weighted by Gasteiger charge is 2.05. The Bertz CT molecular complexity index is 501. The number of halogens is 1. The van der Waals surface area contributed by atoms with Gasteiger partial charge in [0, 0.05) is 0 Å². The van der Waals surface area contributed by atoms with Crippen molar-refractivity contribution in [2.45, 2.75) is 0 Å². The van der Waals surface area contributed by atoms with E-state index < -0.39 is 0 Å². The van der Waals surface area contributed by atoms with Crippen LogP contribution in [0.15, 0.2) is 23.2 Å². The molecular weight excluding hydrogens is 220 g/mol. The van der Waals surface area contributed by atoms with Crippen LogP contribution >= 0.6 is 22.9 Å². The van der Waals surface area contributed by atoms with Crippen molar-refractivity contribution in [3.05, 3.63) is 23.2 Å². The smallest absolute Gasteiger partial charge is 0.213 e. The average Bonchev–Trinajstić information content (AvgIpc) is 2.47. The number of rotatable bonds is 1. The fourth-order valence-corrected chi connectivity index (χ4v) is 2.21. The maximum Gasteiger partial charge on any atom is 0.213 e. The Balaban J connectivity index is 2.63. The summed E-state index contributed by atoms with van der Waals surface area (Å²) >= 11 is 7.33. The van der Waals surface area contributed by atoms with Gasteiger partial charge in [0.1, 0.15) is 0 Å². The van der Waals surface area contributed by atoms with Crippen LogP contribution in [0.1, 0.15) is 0 Å². The van der Waals surface area contributed by atoms with E-state index in [2.05, 4.69) is 9.98 Å². The number of nitrogens with zero attached hydrogens (tertiary/aromatic N) is 2. The van der Waals surface area contributed by atoms with Crippen LogP contribution in [0.4, 0.5) is 5.13 Å². The Morgan fingerprint density at radius 1 is 1.43 bits per heavy atom. The number of fused-ring (bicyclic) bond motifs is 1. The molecule has 0 aliphatic rings. The van der Waals surface area contributed by atoms with E-state index in [0.29, 0.717) is 10.2 Å². The van der Waals surface area contributed by atoms with Gasteiger partial charge >= 0.3 is 0 Å². The first-order valence-electron chi connectivity index (χ1n) is 3.81. The third-order valence-electron chi connectivity index (χ3n) is 1.58. The second kappa shape index (κ2) is 3.43. The van der Waals surface area contributed by atoms with E-state index in [-0.39, 0.29) is 5.96 Å². The van der Waals surface area contributed by atoms with Gasteiger partial charge in [-0.3, -0.25) is 0 Å². The molecule has 0 bridgehead atoms. The quantitative estimate of drug-likeness (QED) is 0.576. The Kier molecular flexibility index (Phi) is 2.26. The van der Waals surface area contributed by atoms with E-state index >= 15 is 0 Å². The van der Waals surface area contributed by atoms with Gasteiger partial charge in [-0.05, 0) is 12.1 Å². The SMILES string of the molecule is NC(N)=Nc1nc2cccc(Cl)c2s1. The molecule has 0 unspecified atom stereocenters. The largest absolute Gasteiger partial charge is 0.370 e. The predicted molar refractivity (Wildman–Crippen MR) is 60.1 cm³/mol. The van der Waals surface area contributed by atoms with Crippen LogP contribution < -0.4 is 11.5 Å². The number of hydrogen-bond acceptors (Lipinski definition) is 3. The first kappa shape index (κ1) is 9.23. The molecule has 4 nitrogen and oxygen atoms in total. The molecule has 0 fully saturated rings. The van der Waals surface area contributed by atoms with Crippen LogP contribution in [0.2, 0.25) is 5.02 Å². The maximum atomic E-state index is 5.97. The zero-order chi connectivity index (χ0) is 10.1. The van der Waals surface area contributed by atoms with Gasteiger partial charge in [0.15, 0.2) is 5.96 Å². The molecule has 0 radical (unpaired) electrons. The summed E-state index contributed by atoms with van der Waals surface area (Å²) in [6.07, 6.45) is 0. The third-order valence-corrected chi connectivity index (χ3v) is 3.01. The van der Waals surface area contributed by atoms with Crippen molar-refractivity contribution in [3.63, 3.8) is 0 Å². The topological polar surface area (TPSA) is 77.3 Å². The van der Waals surface area contributed by atoms with Crippen LogP contribution in [-0.4, -0.2) is 10.9 Å². The average molecular weight is 227 g/mol. The van der Waals surface area contributed by atoms with Crippen LogP contribution in [0, 0.1) is 0 Å². The predicted octanol–water partition coefficient (Wildman–Crippen LogP) is 1.85. The zero-order valence-corrected chi connectivity index (χ0v) is 8.64. The van der Waals surface area contributed by atoms with Crippen molar-refractivity contribution in [3.8, 4) is 0 Å². The van der Waals surface area contributed by atoms with Gasteiger partial charge in [-0.1, -0.05) is 29.0 Å². The maximum absolute atomic E-state index is 5.97. The first-order chi connectivity index (χ1) is 6.66. The number of guanidine groups is 1. The molecule has 1 aromatic carbocycles. The van der Waals surface area contributed by atoms with Gasteiger partial charge in [0.2, 0.25) is 5.13 Å². The molecule has 1 aromatic heterocycles. The minimum Gasteiger partial charge on any atom is -0.370 e. The second-order valence-corrected chi connectivity index (χ2v) is 4.01. The van der Waals surface area contributed by atoms with Gasteiger partial charge in [-0.2, -0.15) is 4.99 Å². The lowest BCUT2D eigenvalue weighted by molar-refractivity contribution is 1.36. The summed E-state index contributed by atoms with van der Waals surface area (Å²) in [4.78, 5) is 8.06. The van der Waals surface area contributed by atoms with Crippen LogP contribution in [-0.2, 0) is 0 Å². The molecule has 72 valence electrons. The first-order valence-corrected chi connectivity index (χ1v) is 5.01. The fourth-order valence-electron chi connectivity index (χ4n) is 1.06. The summed E-state index contributed by atoms with van der Waals surface area (Å²) < 4.78 is 0.897. The minimum atomic E-state index is 0.000165. The van der Waals surface area contributed by atoms with E-state index in [1.807, 2.05) is 12.1 Å². The summed E-state index contributed by atoms with van der Waals surface area (Å²) in [6.45, 7) is 0. The third kappa shape index (κ3) is 1.64. The molecular formula is C8H7ClN4S. The summed E-state index contributed by atoms with van der Waals surface area (Å²) in [5.41, 5.74) is 11.3. The Morgan fingerprint density at radius 3 is 2.86 bits per heavy atom. The van der Waals surface area contributed by atoms with E-state index in [1.54, 1.807) is 6.07 Å². The molecule has 4 N–H and O–H groups in total. The Morgan fingerprint density at radius 2 is 2.21 bits per heavy atom. The lowest BCUT2D eigenvalue weighted by Gasteiger charge is -1.87. The van der Waals surface area contributed by atoms with E-state index in [9.17, 15) is 0 Å². The lowest BCUT2D eigenvalue weighted by Crippen LogP contribution is -2.21. The zero-order valence-electron chi connectivity index (χ0n) is 7.07. The van der Waals surface area contributed by atoms with Crippen LogP contribution in [0.25, 0.3) is 10.2 Å². The van der Waals surface area contributed by atoms with Crippen LogP contribution in [0.3, 0.4) is 0 Å². The molecule has 0 saturated carbocycles. The monoisotopic (exact) mass is 226 g/mol. The highest BCUT2D eigenvalue weighted by Crippen LogP contribution is 2.32. The van der Waals surface area contributed by atoms with E-state index in [0.717, 1.165) is 10.2 Å². The van der Waals surface area contributed by atoms with Crippen molar-refractivity contribution in [2.24, 2.45) is 16.5 Å². The number of benzene rings is 1. The van der Waals surface area contributed by atoms with Gasteiger partial charge in [-0.15, -0.1) is 0 Å². The summed E-state index contributed by atoms with van der Waals surface area (Å²) in [5, 5.41) is 1.19. The highest BCUT2D eigenvalue weighted by atomic mass is 35.5. The van der Waals surface area contributed by atoms with Crippen LogP contribution in [0.5, 0.6) is 0 Å². The van der Waals surface area contributed by atoms with Gasteiger partial charge in [0.05, 0.1) is 15.2 Å². The number of aliphatic imine (C=N–C) groups is 1.